The Morgan fingerprint density at radius 2 is 2.00 bits per heavy atom. The highest BCUT2D eigenvalue weighted by Crippen LogP contribution is 2.28. The van der Waals surface area contributed by atoms with Crippen molar-refractivity contribution in [2.24, 2.45) is 7.05 Å². The minimum Gasteiger partial charge on any atom is -0.493 e. The van der Waals surface area contributed by atoms with Crippen molar-refractivity contribution in [2.45, 2.75) is 39.5 Å². The van der Waals surface area contributed by atoms with Crippen molar-refractivity contribution in [3.8, 4) is 17.1 Å². The van der Waals surface area contributed by atoms with Crippen molar-refractivity contribution in [1.82, 2.24) is 19.7 Å². The van der Waals surface area contributed by atoms with Gasteiger partial charge in [0.15, 0.2) is 5.52 Å². The molecule has 0 saturated heterocycles. The highest BCUT2D eigenvalue weighted by Gasteiger charge is 2.16. The fourth-order valence-electron chi connectivity index (χ4n) is 2.89. The number of aromatic amines is 1. The third-order valence-electron chi connectivity index (χ3n) is 4.15. The van der Waals surface area contributed by atoms with Gasteiger partial charge in [0.2, 0.25) is 0 Å². The van der Waals surface area contributed by atoms with Gasteiger partial charge in [-0.05, 0) is 25.0 Å². The number of aryl methyl sites for hydroxylation is 2. The molecule has 0 aliphatic rings. The lowest BCUT2D eigenvalue weighted by molar-refractivity contribution is 0.310. The summed E-state index contributed by atoms with van der Waals surface area (Å²) in [5.41, 5.74) is 2.66. The molecule has 0 atom stereocenters. The van der Waals surface area contributed by atoms with Crippen molar-refractivity contribution in [3.63, 3.8) is 0 Å². The quantitative estimate of drug-likeness (QED) is 0.669. The van der Waals surface area contributed by atoms with Crippen LogP contribution in [0.4, 0.5) is 0 Å². The van der Waals surface area contributed by atoms with Gasteiger partial charge in [0.25, 0.3) is 5.56 Å². The van der Waals surface area contributed by atoms with Crippen molar-refractivity contribution in [2.75, 3.05) is 6.61 Å². The molecule has 25 heavy (non-hydrogen) atoms. The molecule has 0 radical (unpaired) electrons. The summed E-state index contributed by atoms with van der Waals surface area (Å²) in [7, 11) is 1.78. The van der Waals surface area contributed by atoms with Crippen LogP contribution in [0.2, 0.25) is 0 Å². The van der Waals surface area contributed by atoms with Gasteiger partial charge >= 0.3 is 0 Å². The number of benzene rings is 1. The SMILES string of the molecule is CCCCOc1ccccc1-c1nc2c(CCC)nn(C)c2c(=O)[nH]1. The van der Waals surface area contributed by atoms with Crippen LogP contribution in [0.3, 0.4) is 0 Å². The second-order valence-electron chi connectivity index (χ2n) is 6.13. The van der Waals surface area contributed by atoms with E-state index in [9.17, 15) is 4.79 Å². The summed E-state index contributed by atoms with van der Waals surface area (Å²) in [6.07, 6.45) is 3.80. The van der Waals surface area contributed by atoms with E-state index in [2.05, 4.69) is 23.9 Å². The number of hydrogen-bond donors (Lipinski definition) is 1. The normalized spacial score (nSPS) is 11.2. The first kappa shape index (κ1) is 17.2. The molecule has 0 amide bonds. The summed E-state index contributed by atoms with van der Waals surface area (Å²) < 4.78 is 7.49. The van der Waals surface area contributed by atoms with Gasteiger partial charge in [-0.25, -0.2) is 4.98 Å². The van der Waals surface area contributed by atoms with Crippen molar-refractivity contribution in [1.29, 1.82) is 0 Å². The standard InChI is InChI=1S/C19H24N4O2/c1-4-6-12-25-15-11-8-7-10-13(15)18-20-16-14(9-5-2)22-23(3)17(16)19(24)21-18/h7-8,10-11H,4-6,9,12H2,1-3H3,(H,20,21,24). The van der Waals surface area contributed by atoms with Gasteiger partial charge in [0.05, 0.1) is 17.9 Å². The molecule has 1 N–H and O–H groups in total. The van der Waals surface area contributed by atoms with E-state index in [1.54, 1.807) is 11.7 Å². The number of nitrogens with zero attached hydrogens (tertiary/aromatic N) is 3. The summed E-state index contributed by atoms with van der Waals surface area (Å²) in [6.45, 7) is 4.86. The zero-order valence-corrected chi connectivity index (χ0v) is 15.0. The lowest BCUT2D eigenvalue weighted by Gasteiger charge is -2.10. The summed E-state index contributed by atoms with van der Waals surface area (Å²) in [4.78, 5) is 20.2. The molecule has 6 heteroatoms. The summed E-state index contributed by atoms with van der Waals surface area (Å²) in [5, 5.41) is 4.46. The molecular formula is C19H24N4O2. The molecule has 0 aliphatic heterocycles. The topological polar surface area (TPSA) is 72.8 Å². The smallest absolute Gasteiger partial charge is 0.277 e. The first-order valence-electron chi connectivity index (χ1n) is 8.83. The van der Waals surface area contributed by atoms with Crippen LogP contribution in [0.15, 0.2) is 29.1 Å². The number of aromatic nitrogens is 4. The number of unbranched alkanes of at least 4 members (excludes halogenated alkanes) is 1. The van der Waals surface area contributed by atoms with E-state index in [1.165, 1.54) is 0 Å². The van der Waals surface area contributed by atoms with Crippen molar-refractivity contribution >= 4 is 11.0 Å². The van der Waals surface area contributed by atoms with E-state index >= 15 is 0 Å². The lowest BCUT2D eigenvalue weighted by Crippen LogP contribution is -2.12. The number of ether oxygens (including phenoxy) is 1. The maximum absolute atomic E-state index is 12.6. The molecular weight excluding hydrogens is 316 g/mol. The second-order valence-corrected chi connectivity index (χ2v) is 6.13. The minimum absolute atomic E-state index is 0.180. The Morgan fingerprint density at radius 1 is 1.20 bits per heavy atom. The maximum atomic E-state index is 12.6. The van der Waals surface area contributed by atoms with Crippen molar-refractivity contribution < 1.29 is 4.74 Å². The molecule has 2 aromatic heterocycles. The molecule has 0 spiro atoms. The largest absolute Gasteiger partial charge is 0.493 e. The molecule has 0 unspecified atom stereocenters. The van der Waals surface area contributed by atoms with Crippen LogP contribution in [-0.2, 0) is 13.5 Å². The van der Waals surface area contributed by atoms with Crippen LogP contribution in [0.1, 0.15) is 38.8 Å². The van der Waals surface area contributed by atoms with Gasteiger partial charge in [0, 0.05) is 7.05 Å². The minimum atomic E-state index is -0.180. The Labute approximate surface area is 146 Å². The average Bonchev–Trinajstić information content (AvgIpc) is 2.92. The molecule has 3 rings (SSSR count). The Bertz CT molecular complexity index is 927. The van der Waals surface area contributed by atoms with Crippen LogP contribution in [0, 0.1) is 0 Å². The van der Waals surface area contributed by atoms with Crippen LogP contribution in [0.25, 0.3) is 22.4 Å². The molecule has 132 valence electrons. The van der Waals surface area contributed by atoms with Crippen LogP contribution in [0.5, 0.6) is 5.75 Å². The molecule has 2 heterocycles. The van der Waals surface area contributed by atoms with Crippen LogP contribution >= 0.6 is 0 Å². The summed E-state index contributed by atoms with van der Waals surface area (Å²) in [6, 6.07) is 7.67. The van der Waals surface area contributed by atoms with Gasteiger partial charge in [-0.1, -0.05) is 38.8 Å². The Morgan fingerprint density at radius 3 is 2.76 bits per heavy atom. The number of H-pyrrole nitrogens is 1. The van der Waals surface area contributed by atoms with Crippen molar-refractivity contribution in [3.05, 3.63) is 40.3 Å². The average molecular weight is 340 g/mol. The molecule has 0 bridgehead atoms. The van der Waals surface area contributed by atoms with E-state index in [1.807, 2.05) is 24.3 Å². The van der Waals surface area contributed by atoms with E-state index in [0.29, 0.717) is 23.5 Å². The second kappa shape index (κ2) is 7.51. The summed E-state index contributed by atoms with van der Waals surface area (Å²) in [5.74, 6) is 1.26. The molecule has 0 fully saturated rings. The number of nitrogens with one attached hydrogen (secondary N) is 1. The number of rotatable bonds is 7. The third-order valence-corrected chi connectivity index (χ3v) is 4.15. The number of hydrogen-bond acceptors (Lipinski definition) is 4. The molecule has 3 aromatic rings. The van der Waals surface area contributed by atoms with Crippen LogP contribution in [-0.4, -0.2) is 26.4 Å². The van der Waals surface area contributed by atoms with E-state index in [0.717, 1.165) is 42.7 Å². The number of fused-ring (bicyclic) bond motifs is 1. The van der Waals surface area contributed by atoms with Gasteiger partial charge in [-0.2, -0.15) is 5.10 Å². The Kier molecular flexibility index (Phi) is 5.16. The lowest BCUT2D eigenvalue weighted by atomic mass is 10.1. The third kappa shape index (κ3) is 3.43. The van der Waals surface area contributed by atoms with E-state index in [4.69, 9.17) is 9.72 Å². The zero-order chi connectivity index (χ0) is 17.8. The number of para-hydroxylation sites is 1. The van der Waals surface area contributed by atoms with Crippen LogP contribution < -0.4 is 10.3 Å². The fourth-order valence-corrected chi connectivity index (χ4v) is 2.89. The maximum Gasteiger partial charge on any atom is 0.277 e. The summed E-state index contributed by atoms with van der Waals surface area (Å²) >= 11 is 0. The highest BCUT2D eigenvalue weighted by molar-refractivity contribution is 5.79. The van der Waals surface area contributed by atoms with E-state index in [-0.39, 0.29) is 5.56 Å². The highest BCUT2D eigenvalue weighted by atomic mass is 16.5. The first-order valence-corrected chi connectivity index (χ1v) is 8.83. The molecule has 0 saturated carbocycles. The van der Waals surface area contributed by atoms with Gasteiger partial charge in [0.1, 0.15) is 17.1 Å². The predicted octanol–water partition coefficient (Wildman–Crippen LogP) is 3.46. The monoisotopic (exact) mass is 340 g/mol. The van der Waals surface area contributed by atoms with Gasteiger partial charge < -0.3 is 9.72 Å². The molecule has 6 nitrogen and oxygen atoms in total. The Hall–Kier alpha value is -2.63. The zero-order valence-electron chi connectivity index (χ0n) is 15.0. The fraction of sp³-hybridized carbons (Fsp3) is 0.421. The Balaban J connectivity index is 2.11. The first-order chi connectivity index (χ1) is 12.2. The predicted molar refractivity (Wildman–Crippen MR) is 99.0 cm³/mol. The van der Waals surface area contributed by atoms with E-state index < -0.39 is 0 Å². The van der Waals surface area contributed by atoms with Gasteiger partial charge in [-0.3, -0.25) is 9.48 Å². The molecule has 0 aliphatic carbocycles. The van der Waals surface area contributed by atoms with Gasteiger partial charge in [-0.15, -0.1) is 0 Å². The molecule has 1 aromatic carbocycles.